The van der Waals surface area contributed by atoms with Crippen molar-refractivity contribution in [3.8, 4) is 0 Å². The molecule has 0 aliphatic heterocycles. The SMILES string of the molecule is Cc1ccc(S(=O)(=O)n2ccc(C(=O)c3cncnc3Cl)c2)cc1. The predicted octanol–water partition coefficient (Wildman–Crippen LogP) is 2.71. The van der Waals surface area contributed by atoms with Crippen LogP contribution in [0.3, 0.4) is 0 Å². The van der Waals surface area contributed by atoms with Gasteiger partial charge in [0, 0.05) is 24.2 Å². The number of nitrogens with zero attached hydrogens (tertiary/aromatic N) is 3. The molecule has 0 aliphatic carbocycles. The van der Waals surface area contributed by atoms with Gasteiger partial charge < -0.3 is 0 Å². The summed E-state index contributed by atoms with van der Waals surface area (Å²) in [7, 11) is -3.76. The van der Waals surface area contributed by atoms with E-state index in [0.29, 0.717) is 0 Å². The first kappa shape index (κ1) is 16.4. The number of aromatic nitrogens is 3. The van der Waals surface area contributed by atoms with Gasteiger partial charge in [0.2, 0.25) is 0 Å². The van der Waals surface area contributed by atoms with E-state index in [1.54, 1.807) is 12.1 Å². The summed E-state index contributed by atoms with van der Waals surface area (Å²) in [6.07, 6.45) is 5.09. The van der Waals surface area contributed by atoms with Gasteiger partial charge in [-0.1, -0.05) is 29.3 Å². The second kappa shape index (κ2) is 6.18. The maximum absolute atomic E-state index is 12.6. The molecule has 0 N–H and O–H groups in total. The third-order valence-electron chi connectivity index (χ3n) is 3.43. The topological polar surface area (TPSA) is 81.9 Å². The highest BCUT2D eigenvalue weighted by Crippen LogP contribution is 2.19. The van der Waals surface area contributed by atoms with E-state index in [2.05, 4.69) is 9.97 Å². The molecular weight excluding hydrogens is 350 g/mol. The van der Waals surface area contributed by atoms with Gasteiger partial charge in [0.15, 0.2) is 5.78 Å². The van der Waals surface area contributed by atoms with Crippen LogP contribution < -0.4 is 0 Å². The van der Waals surface area contributed by atoms with Crippen molar-refractivity contribution in [3.63, 3.8) is 0 Å². The zero-order valence-electron chi connectivity index (χ0n) is 12.5. The van der Waals surface area contributed by atoms with Gasteiger partial charge >= 0.3 is 0 Å². The number of aryl methyl sites for hydroxylation is 1. The van der Waals surface area contributed by atoms with Crippen LogP contribution in [0.4, 0.5) is 0 Å². The number of rotatable bonds is 4. The van der Waals surface area contributed by atoms with Crippen LogP contribution in [0.25, 0.3) is 0 Å². The van der Waals surface area contributed by atoms with Gasteiger partial charge in [-0.15, -0.1) is 0 Å². The minimum absolute atomic E-state index is 0.0177. The minimum Gasteiger partial charge on any atom is -0.288 e. The number of hydrogen-bond donors (Lipinski definition) is 0. The Morgan fingerprint density at radius 3 is 2.54 bits per heavy atom. The summed E-state index contributed by atoms with van der Waals surface area (Å²) in [5, 5.41) is 0.0177. The molecule has 8 heteroatoms. The molecular formula is C16H12ClN3O3S. The van der Waals surface area contributed by atoms with Gasteiger partial charge in [-0.25, -0.2) is 22.4 Å². The van der Waals surface area contributed by atoms with Crippen molar-refractivity contribution < 1.29 is 13.2 Å². The third-order valence-corrected chi connectivity index (χ3v) is 5.39. The smallest absolute Gasteiger partial charge is 0.267 e. The Kier molecular flexibility index (Phi) is 4.21. The van der Waals surface area contributed by atoms with Crippen molar-refractivity contribution in [3.05, 3.63) is 77.1 Å². The summed E-state index contributed by atoms with van der Waals surface area (Å²) < 4.78 is 26.2. The molecule has 24 heavy (non-hydrogen) atoms. The quantitative estimate of drug-likeness (QED) is 0.527. The van der Waals surface area contributed by atoms with Crippen LogP contribution in [-0.4, -0.2) is 28.1 Å². The first-order valence-corrected chi connectivity index (χ1v) is 8.72. The summed E-state index contributed by atoms with van der Waals surface area (Å²) in [5.74, 6) is -0.446. The van der Waals surface area contributed by atoms with E-state index >= 15 is 0 Å². The number of carbonyl (C=O) groups excluding carboxylic acids is 1. The summed E-state index contributed by atoms with van der Waals surface area (Å²) in [6, 6.07) is 7.88. The number of carbonyl (C=O) groups is 1. The lowest BCUT2D eigenvalue weighted by Crippen LogP contribution is -2.11. The molecule has 3 aromatic rings. The Bertz CT molecular complexity index is 1010. The fourth-order valence-electron chi connectivity index (χ4n) is 2.12. The largest absolute Gasteiger partial charge is 0.288 e. The van der Waals surface area contributed by atoms with Gasteiger partial charge in [0.25, 0.3) is 10.0 Å². The number of halogens is 1. The van der Waals surface area contributed by atoms with E-state index in [1.807, 2.05) is 6.92 Å². The van der Waals surface area contributed by atoms with Crippen molar-refractivity contribution in [1.82, 2.24) is 13.9 Å². The summed E-state index contributed by atoms with van der Waals surface area (Å²) in [5.41, 5.74) is 1.25. The Hall–Kier alpha value is -2.51. The molecule has 2 aromatic heterocycles. The lowest BCUT2D eigenvalue weighted by molar-refractivity contribution is 0.103. The first-order valence-electron chi connectivity index (χ1n) is 6.90. The maximum atomic E-state index is 12.6. The molecule has 3 rings (SSSR count). The summed E-state index contributed by atoms with van der Waals surface area (Å²) >= 11 is 5.88. The normalized spacial score (nSPS) is 11.4. The lowest BCUT2D eigenvalue weighted by Gasteiger charge is -2.05. The van der Waals surface area contributed by atoms with Crippen molar-refractivity contribution >= 4 is 27.4 Å². The molecule has 0 saturated heterocycles. The maximum Gasteiger partial charge on any atom is 0.267 e. The van der Waals surface area contributed by atoms with Crippen LogP contribution >= 0.6 is 11.6 Å². The molecule has 0 saturated carbocycles. The highest BCUT2D eigenvalue weighted by Gasteiger charge is 2.20. The Balaban J connectivity index is 1.97. The van der Waals surface area contributed by atoms with E-state index < -0.39 is 15.8 Å². The summed E-state index contributed by atoms with van der Waals surface area (Å²) in [6.45, 7) is 1.87. The highest BCUT2D eigenvalue weighted by atomic mass is 35.5. The predicted molar refractivity (Wildman–Crippen MR) is 88.7 cm³/mol. The molecule has 0 amide bonds. The molecule has 6 nitrogen and oxygen atoms in total. The van der Waals surface area contributed by atoms with E-state index in [-0.39, 0.29) is 21.2 Å². The van der Waals surface area contributed by atoms with Gasteiger partial charge in [-0.2, -0.15) is 0 Å². The molecule has 0 bridgehead atoms. The standard InChI is InChI=1S/C16H12ClN3O3S/c1-11-2-4-13(5-3-11)24(22,23)20-7-6-12(9-20)15(21)14-8-18-10-19-16(14)17/h2-10H,1H3. The Morgan fingerprint density at radius 2 is 1.88 bits per heavy atom. The van der Waals surface area contributed by atoms with Crippen LogP contribution in [-0.2, 0) is 10.0 Å². The van der Waals surface area contributed by atoms with Crippen LogP contribution in [0.2, 0.25) is 5.15 Å². The van der Waals surface area contributed by atoms with E-state index in [9.17, 15) is 13.2 Å². The van der Waals surface area contributed by atoms with E-state index in [4.69, 9.17) is 11.6 Å². The van der Waals surface area contributed by atoms with Crippen LogP contribution in [0.15, 0.2) is 60.1 Å². The fraction of sp³-hybridized carbons (Fsp3) is 0.0625. The first-order chi connectivity index (χ1) is 11.4. The van der Waals surface area contributed by atoms with Gasteiger partial charge in [-0.3, -0.25) is 4.79 Å². The molecule has 0 radical (unpaired) electrons. The average Bonchev–Trinajstić information content (AvgIpc) is 3.06. The molecule has 1 aromatic carbocycles. The molecule has 2 heterocycles. The molecule has 122 valence electrons. The minimum atomic E-state index is -3.76. The Labute approximate surface area is 143 Å². The van der Waals surface area contributed by atoms with Crippen LogP contribution in [0.1, 0.15) is 21.5 Å². The van der Waals surface area contributed by atoms with Crippen molar-refractivity contribution in [2.24, 2.45) is 0 Å². The third kappa shape index (κ3) is 2.95. The zero-order chi connectivity index (χ0) is 17.3. The lowest BCUT2D eigenvalue weighted by atomic mass is 10.1. The fourth-order valence-corrected chi connectivity index (χ4v) is 3.49. The second-order valence-electron chi connectivity index (χ2n) is 5.10. The van der Waals surface area contributed by atoms with E-state index in [1.165, 1.54) is 43.1 Å². The number of benzene rings is 1. The zero-order valence-corrected chi connectivity index (χ0v) is 14.1. The Morgan fingerprint density at radius 1 is 1.17 bits per heavy atom. The van der Waals surface area contributed by atoms with Gasteiger partial charge in [0.1, 0.15) is 11.5 Å². The summed E-state index contributed by atoms with van der Waals surface area (Å²) in [4.78, 5) is 20.1. The second-order valence-corrected chi connectivity index (χ2v) is 7.31. The van der Waals surface area contributed by atoms with Crippen molar-refractivity contribution in [2.75, 3.05) is 0 Å². The van der Waals surface area contributed by atoms with Crippen LogP contribution in [0.5, 0.6) is 0 Å². The highest BCUT2D eigenvalue weighted by molar-refractivity contribution is 7.90. The molecule has 0 unspecified atom stereocenters. The molecule has 0 fully saturated rings. The van der Waals surface area contributed by atoms with Crippen LogP contribution in [0, 0.1) is 6.92 Å². The number of hydrogen-bond acceptors (Lipinski definition) is 5. The van der Waals surface area contributed by atoms with Crippen molar-refractivity contribution in [2.45, 2.75) is 11.8 Å². The monoisotopic (exact) mass is 361 g/mol. The van der Waals surface area contributed by atoms with E-state index in [0.717, 1.165) is 9.54 Å². The van der Waals surface area contributed by atoms with Gasteiger partial charge in [0.05, 0.1) is 10.5 Å². The van der Waals surface area contributed by atoms with Gasteiger partial charge in [-0.05, 0) is 25.1 Å². The molecule has 0 spiro atoms. The van der Waals surface area contributed by atoms with Crippen molar-refractivity contribution in [1.29, 1.82) is 0 Å². The molecule has 0 aliphatic rings. The molecule has 0 atom stereocenters. The average molecular weight is 362 g/mol. The number of ketones is 1.